The summed E-state index contributed by atoms with van der Waals surface area (Å²) in [7, 11) is 0. The number of carbonyl (C=O) groups is 1. The van der Waals surface area contributed by atoms with E-state index < -0.39 is 0 Å². The van der Waals surface area contributed by atoms with Gasteiger partial charge in [0.2, 0.25) is 5.91 Å². The van der Waals surface area contributed by atoms with Gasteiger partial charge in [0.25, 0.3) is 0 Å². The number of nitrogens with two attached hydrogens (primary N) is 1. The van der Waals surface area contributed by atoms with Crippen LogP contribution >= 0.6 is 0 Å². The Hall–Kier alpha value is -2.17. The molecular weight excluding hydrogens is 322 g/mol. The van der Waals surface area contributed by atoms with Gasteiger partial charge in [-0.05, 0) is 29.8 Å². The Morgan fingerprint density at radius 1 is 1.00 bits per heavy atom. The molecule has 0 spiro atoms. The van der Waals surface area contributed by atoms with Crippen molar-refractivity contribution in [2.45, 2.75) is 39.9 Å². The van der Waals surface area contributed by atoms with Gasteiger partial charge in [-0.1, -0.05) is 75.4 Å². The Balaban J connectivity index is 1.99. The number of rotatable bonds is 9. The zero-order chi connectivity index (χ0) is 18.9. The SMILES string of the molecule is CCN(CC)Cc1ccccc1CNC(=O)C(C)C(N)c1ccccc1. The van der Waals surface area contributed by atoms with E-state index in [-0.39, 0.29) is 17.9 Å². The van der Waals surface area contributed by atoms with Crippen LogP contribution in [0.5, 0.6) is 0 Å². The fraction of sp³-hybridized carbons (Fsp3) is 0.409. The second kappa shape index (κ2) is 10.1. The Morgan fingerprint density at radius 3 is 2.19 bits per heavy atom. The molecule has 0 aromatic heterocycles. The quantitative estimate of drug-likeness (QED) is 0.726. The molecule has 140 valence electrons. The van der Waals surface area contributed by atoms with E-state index >= 15 is 0 Å². The smallest absolute Gasteiger partial charge is 0.225 e. The Kier molecular flexibility index (Phi) is 7.82. The lowest BCUT2D eigenvalue weighted by Crippen LogP contribution is -2.35. The molecule has 0 aliphatic carbocycles. The summed E-state index contributed by atoms with van der Waals surface area (Å²) in [4.78, 5) is 14.9. The molecule has 3 N–H and O–H groups in total. The van der Waals surface area contributed by atoms with E-state index in [4.69, 9.17) is 5.73 Å². The van der Waals surface area contributed by atoms with Crippen molar-refractivity contribution < 1.29 is 4.79 Å². The molecule has 4 heteroatoms. The highest BCUT2D eigenvalue weighted by Crippen LogP contribution is 2.19. The van der Waals surface area contributed by atoms with Crippen LogP contribution in [0, 0.1) is 5.92 Å². The van der Waals surface area contributed by atoms with E-state index in [0.29, 0.717) is 6.54 Å². The Labute approximate surface area is 157 Å². The molecule has 2 aromatic rings. The van der Waals surface area contributed by atoms with E-state index in [1.54, 1.807) is 0 Å². The molecule has 2 rings (SSSR count). The molecule has 2 aromatic carbocycles. The summed E-state index contributed by atoms with van der Waals surface area (Å²) in [5.74, 6) is -0.300. The maximum absolute atomic E-state index is 12.6. The lowest BCUT2D eigenvalue weighted by atomic mass is 9.94. The standard InChI is InChI=1S/C22H31N3O/c1-4-25(5-2)16-20-14-10-9-13-19(20)15-24-22(26)17(3)21(23)18-11-7-6-8-12-18/h6-14,17,21H,4-5,15-16,23H2,1-3H3,(H,24,26). The second-order valence-electron chi connectivity index (χ2n) is 6.67. The largest absolute Gasteiger partial charge is 0.352 e. The van der Waals surface area contributed by atoms with Crippen molar-refractivity contribution in [3.63, 3.8) is 0 Å². The van der Waals surface area contributed by atoms with Crippen LogP contribution in [0.3, 0.4) is 0 Å². The molecule has 4 nitrogen and oxygen atoms in total. The number of benzene rings is 2. The monoisotopic (exact) mass is 353 g/mol. The lowest BCUT2D eigenvalue weighted by Gasteiger charge is -2.22. The number of carbonyl (C=O) groups excluding carboxylic acids is 1. The van der Waals surface area contributed by atoms with Gasteiger partial charge in [0, 0.05) is 19.1 Å². The van der Waals surface area contributed by atoms with E-state index in [1.807, 2.05) is 43.3 Å². The van der Waals surface area contributed by atoms with E-state index in [2.05, 4.69) is 42.3 Å². The molecule has 26 heavy (non-hydrogen) atoms. The number of nitrogens with zero attached hydrogens (tertiary/aromatic N) is 1. The predicted molar refractivity (Wildman–Crippen MR) is 107 cm³/mol. The zero-order valence-corrected chi connectivity index (χ0v) is 16.1. The molecule has 0 saturated carbocycles. The van der Waals surface area contributed by atoms with E-state index in [9.17, 15) is 4.79 Å². The highest BCUT2D eigenvalue weighted by atomic mass is 16.1. The molecule has 0 radical (unpaired) electrons. The molecule has 0 saturated heterocycles. The fourth-order valence-electron chi connectivity index (χ4n) is 3.04. The van der Waals surface area contributed by atoms with E-state index in [0.717, 1.165) is 30.8 Å². The van der Waals surface area contributed by atoms with E-state index in [1.165, 1.54) is 5.56 Å². The average Bonchev–Trinajstić information content (AvgIpc) is 2.70. The first-order chi connectivity index (χ1) is 12.6. The van der Waals surface area contributed by atoms with Gasteiger partial charge >= 0.3 is 0 Å². The van der Waals surface area contributed by atoms with Gasteiger partial charge < -0.3 is 11.1 Å². The summed E-state index contributed by atoms with van der Waals surface area (Å²) in [5.41, 5.74) is 9.68. The van der Waals surface area contributed by atoms with Crippen LogP contribution in [0.25, 0.3) is 0 Å². The summed E-state index contributed by atoms with van der Waals surface area (Å²) < 4.78 is 0. The third-order valence-corrected chi connectivity index (χ3v) is 5.00. The molecule has 0 aliphatic rings. The van der Waals surface area contributed by atoms with Crippen LogP contribution in [-0.4, -0.2) is 23.9 Å². The van der Waals surface area contributed by atoms with Gasteiger partial charge in [-0.15, -0.1) is 0 Å². The van der Waals surface area contributed by atoms with Crippen molar-refractivity contribution >= 4 is 5.91 Å². The first-order valence-electron chi connectivity index (χ1n) is 9.44. The van der Waals surface area contributed by atoms with Crippen molar-refractivity contribution in [3.8, 4) is 0 Å². The predicted octanol–water partition coefficient (Wildman–Crippen LogP) is 3.48. The van der Waals surface area contributed by atoms with Crippen LogP contribution in [0.4, 0.5) is 0 Å². The number of hydrogen-bond donors (Lipinski definition) is 2. The topological polar surface area (TPSA) is 58.4 Å². The van der Waals surface area contributed by atoms with Crippen molar-refractivity contribution in [1.29, 1.82) is 0 Å². The first kappa shape index (κ1) is 20.1. The van der Waals surface area contributed by atoms with Crippen LogP contribution in [0.2, 0.25) is 0 Å². The van der Waals surface area contributed by atoms with Gasteiger partial charge in [-0.25, -0.2) is 0 Å². The molecule has 2 unspecified atom stereocenters. The average molecular weight is 354 g/mol. The van der Waals surface area contributed by atoms with Crippen molar-refractivity contribution in [2.24, 2.45) is 11.7 Å². The van der Waals surface area contributed by atoms with Crippen molar-refractivity contribution in [2.75, 3.05) is 13.1 Å². The number of amides is 1. The third kappa shape index (κ3) is 5.41. The molecule has 0 aliphatic heterocycles. The Bertz CT molecular complexity index is 683. The van der Waals surface area contributed by atoms with Crippen LogP contribution in [-0.2, 0) is 17.9 Å². The number of hydrogen-bond acceptors (Lipinski definition) is 3. The van der Waals surface area contributed by atoms with Gasteiger partial charge in [0.1, 0.15) is 0 Å². The zero-order valence-electron chi connectivity index (χ0n) is 16.1. The summed E-state index contributed by atoms with van der Waals surface area (Å²) in [6, 6.07) is 17.8. The maximum Gasteiger partial charge on any atom is 0.225 e. The summed E-state index contributed by atoms with van der Waals surface area (Å²) >= 11 is 0. The van der Waals surface area contributed by atoms with Crippen molar-refractivity contribution in [3.05, 3.63) is 71.3 Å². The normalized spacial score (nSPS) is 13.4. The summed E-state index contributed by atoms with van der Waals surface area (Å²) in [6.07, 6.45) is 0. The molecule has 0 bridgehead atoms. The van der Waals surface area contributed by atoms with Crippen molar-refractivity contribution in [1.82, 2.24) is 10.2 Å². The highest BCUT2D eigenvalue weighted by molar-refractivity contribution is 5.79. The summed E-state index contributed by atoms with van der Waals surface area (Å²) in [6.45, 7) is 9.68. The third-order valence-electron chi connectivity index (χ3n) is 5.00. The maximum atomic E-state index is 12.6. The minimum absolute atomic E-state index is 0.0148. The molecule has 1 amide bonds. The fourth-order valence-corrected chi connectivity index (χ4v) is 3.04. The van der Waals surface area contributed by atoms with Gasteiger partial charge in [0.05, 0.1) is 5.92 Å². The second-order valence-corrected chi connectivity index (χ2v) is 6.67. The van der Waals surface area contributed by atoms with Crippen LogP contribution in [0.1, 0.15) is 43.5 Å². The molecule has 0 fully saturated rings. The minimum atomic E-state index is -0.304. The van der Waals surface area contributed by atoms with Crippen LogP contribution in [0.15, 0.2) is 54.6 Å². The van der Waals surface area contributed by atoms with Gasteiger partial charge in [-0.3, -0.25) is 9.69 Å². The Morgan fingerprint density at radius 2 is 1.58 bits per heavy atom. The van der Waals surface area contributed by atoms with Crippen LogP contribution < -0.4 is 11.1 Å². The highest BCUT2D eigenvalue weighted by Gasteiger charge is 2.22. The minimum Gasteiger partial charge on any atom is -0.352 e. The number of nitrogens with one attached hydrogen (secondary N) is 1. The molecule has 0 heterocycles. The molecule has 2 atom stereocenters. The first-order valence-corrected chi connectivity index (χ1v) is 9.44. The molecular formula is C22H31N3O. The summed E-state index contributed by atoms with van der Waals surface area (Å²) in [5, 5.41) is 3.06. The van der Waals surface area contributed by atoms with Gasteiger partial charge in [0.15, 0.2) is 0 Å². The lowest BCUT2D eigenvalue weighted by molar-refractivity contribution is -0.125. The van der Waals surface area contributed by atoms with Gasteiger partial charge in [-0.2, -0.15) is 0 Å².